The summed E-state index contributed by atoms with van der Waals surface area (Å²) in [4.78, 5) is 9.55. The fraction of sp³-hybridized carbons (Fsp3) is 0.667. The van der Waals surface area contributed by atoms with Crippen LogP contribution in [0.2, 0.25) is 0 Å². The summed E-state index contributed by atoms with van der Waals surface area (Å²) in [7, 11) is 0. The average Bonchev–Trinajstić information content (AvgIpc) is 1.88. The maximum atomic E-state index is 9.96. The van der Waals surface area contributed by atoms with E-state index in [0.717, 1.165) is 37.7 Å². The molecule has 4 heteroatoms. The van der Waals surface area contributed by atoms with E-state index in [2.05, 4.69) is 5.32 Å². The Labute approximate surface area is 59.1 Å². The van der Waals surface area contributed by atoms with Gasteiger partial charge in [-0.1, -0.05) is 0 Å². The molecule has 1 rings (SSSR count). The van der Waals surface area contributed by atoms with Crippen molar-refractivity contribution in [3.05, 3.63) is 22.0 Å². The molecule has 0 aliphatic carbocycles. The van der Waals surface area contributed by atoms with Crippen LogP contribution < -0.4 is 5.32 Å². The van der Waals surface area contributed by atoms with Gasteiger partial charge in [-0.3, -0.25) is 10.1 Å². The minimum Gasteiger partial charge on any atom is -0.383 e. The first-order chi connectivity index (χ1) is 4.79. The number of rotatable bonds is 1. The molecule has 0 aromatic heterocycles. The molecular weight excluding hydrogens is 132 g/mol. The zero-order valence-electron chi connectivity index (χ0n) is 5.67. The molecule has 4 nitrogen and oxygen atoms in total. The van der Waals surface area contributed by atoms with Crippen LogP contribution in [-0.4, -0.2) is 11.5 Å². The average molecular weight is 142 g/mol. The molecule has 0 spiro atoms. The van der Waals surface area contributed by atoms with Crippen molar-refractivity contribution in [2.75, 3.05) is 6.54 Å². The lowest BCUT2D eigenvalue weighted by atomic mass is 10.1. The first-order valence-electron chi connectivity index (χ1n) is 3.37. The molecular formula is C6H10N2O2. The summed E-state index contributed by atoms with van der Waals surface area (Å²) < 4.78 is 0. The topological polar surface area (TPSA) is 55.2 Å². The number of nitrogens with zero attached hydrogens (tertiary/aromatic N) is 1. The summed E-state index contributed by atoms with van der Waals surface area (Å²) in [6.45, 7) is 0.875. The quantitative estimate of drug-likeness (QED) is 0.436. The molecule has 0 bridgehead atoms. The van der Waals surface area contributed by atoms with Gasteiger partial charge in [-0.05, 0) is 19.3 Å². The van der Waals surface area contributed by atoms with E-state index in [9.17, 15) is 10.1 Å². The lowest BCUT2D eigenvalue weighted by molar-refractivity contribution is -0.404. The largest absolute Gasteiger partial charge is 0.383 e. The van der Waals surface area contributed by atoms with Gasteiger partial charge in [0.1, 0.15) is 0 Å². The number of hydrogen-bond donors (Lipinski definition) is 1. The van der Waals surface area contributed by atoms with E-state index in [1.54, 1.807) is 0 Å². The zero-order valence-corrected chi connectivity index (χ0v) is 5.67. The second-order valence-corrected chi connectivity index (χ2v) is 2.32. The van der Waals surface area contributed by atoms with Gasteiger partial charge in [0.05, 0.1) is 10.6 Å². The molecule has 0 atom stereocenters. The fourth-order valence-electron chi connectivity index (χ4n) is 1.02. The third-order valence-electron chi connectivity index (χ3n) is 1.49. The first-order valence-corrected chi connectivity index (χ1v) is 3.37. The molecule has 1 fully saturated rings. The molecule has 10 heavy (non-hydrogen) atoms. The van der Waals surface area contributed by atoms with Gasteiger partial charge in [0.15, 0.2) is 0 Å². The SMILES string of the molecule is O=[N+]([O-])C=C1CCCCN1. The van der Waals surface area contributed by atoms with Gasteiger partial charge < -0.3 is 5.32 Å². The molecule has 0 aromatic rings. The van der Waals surface area contributed by atoms with Crippen LogP contribution in [0.15, 0.2) is 11.9 Å². The number of allylic oxidation sites excluding steroid dienone is 1. The van der Waals surface area contributed by atoms with Gasteiger partial charge in [-0.25, -0.2) is 0 Å². The minimum atomic E-state index is -0.409. The normalized spacial score (nSPS) is 22.2. The Kier molecular flexibility index (Phi) is 2.25. The lowest BCUT2D eigenvalue weighted by Crippen LogP contribution is -2.20. The van der Waals surface area contributed by atoms with Gasteiger partial charge in [0, 0.05) is 6.54 Å². The van der Waals surface area contributed by atoms with Crippen LogP contribution in [0.5, 0.6) is 0 Å². The molecule has 0 saturated carbocycles. The monoisotopic (exact) mass is 142 g/mol. The van der Waals surface area contributed by atoms with Crippen molar-refractivity contribution >= 4 is 0 Å². The Morgan fingerprint density at radius 1 is 1.60 bits per heavy atom. The highest BCUT2D eigenvalue weighted by atomic mass is 16.6. The van der Waals surface area contributed by atoms with Crippen LogP contribution in [0.4, 0.5) is 0 Å². The predicted octanol–water partition coefficient (Wildman–Crippen LogP) is 0.878. The molecule has 1 aliphatic rings. The van der Waals surface area contributed by atoms with E-state index in [-0.39, 0.29) is 0 Å². The van der Waals surface area contributed by atoms with E-state index < -0.39 is 4.92 Å². The van der Waals surface area contributed by atoms with Crippen molar-refractivity contribution in [2.45, 2.75) is 19.3 Å². The smallest absolute Gasteiger partial charge is 0.253 e. The van der Waals surface area contributed by atoms with Crippen LogP contribution in [-0.2, 0) is 0 Å². The van der Waals surface area contributed by atoms with Gasteiger partial charge in [-0.2, -0.15) is 0 Å². The lowest BCUT2D eigenvalue weighted by Gasteiger charge is -2.13. The van der Waals surface area contributed by atoms with Crippen molar-refractivity contribution < 1.29 is 4.92 Å². The van der Waals surface area contributed by atoms with Crippen molar-refractivity contribution in [1.82, 2.24) is 5.32 Å². The minimum absolute atomic E-state index is 0.409. The summed E-state index contributed by atoms with van der Waals surface area (Å²) >= 11 is 0. The number of nitro groups is 1. The van der Waals surface area contributed by atoms with Crippen molar-refractivity contribution in [3.8, 4) is 0 Å². The second-order valence-electron chi connectivity index (χ2n) is 2.32. The van der Waals surface area contributed by atoms with Crippen LogP contribution >= 0.6 is 0 Å². The van der Waals surface area contributed by atoms with Crippen molar-refractivity contribution in [3.63, 3.8) is 0 Å². The highest BCUT2D eigenvalue weighted by molar-refractivity contribution is 4.96. The third kappa shape index (κ3) is 2.05. The Morgan fingerprint density at radius 2 is 2.40 bits per heavy atom. The van der Waals surface area contributed by atoms with Gasteiger partial charge in [0.25, 0.3) is 6.20 Å². The maximum absolute atomic E-state index is 9.96. The number of piperidine rings is 1. The highest BCUT2D eigenvalue weighted by Crippen LogP contribution is 2.09. The molecule has 1 saturated heterocycles. The molecule has 0 aromatic carbocycles. The van der Waals surface area contributed by atoms with E-state index in [1.807, 2.05) is 0 Å². The van der Waals surface area contributed by atoms with Gasteiger partial charge >= 0.3 is 0 Å². The molecule has 1 aliphatic heterocycles. The van der Waals surface area contributed by atoms with E-state index in [4.69, 9.17) is 0 Å². The Morgan fingerprint density at radius 3 is 2.90 bits per heavy atom. The Hall–Kier alpha value is -1.06. The van der Waals surface area contributed by atoms with E-state index in [0.29, 0.717) is 0 Å². The first kappa shape index (κ1) is 7.05. The van der Waals surface area contributed by atoms with Gasteiger partial charge in [0.2, 0.25) is 0 Å². The number of nitrogens with one attached hydrogen (secondary N) is 1. The van der Waals surface area contributed by atoms with Crippen LogP contribution in [0.3, 0.4) is 0 Å². The molecule has 1 N–H and O–H groups in total. The van der Waals surface area contributed by atoms with E-state index >= 15 is 0 Å². The molecule has 0 unspecified atom stereocenters. The van der Waals surface area contributed by atoms with Crippen molar-refractivity contribution in [2.24, 2.45) is 0 Å². The van der Waals surface area contributed by atoms with Crippen molar-refractivity contribution in [1.29, 1.82) is 0 Å². The fourth-order valence-corrected chi connectivity index (χ4v) is 1.02. The second kappa shape index (κ2) is 3.20. The van der Waals surface area contributed by atoms with E-state index in [1.165, 1.54) is 0 Å². The Bertz CT molecular complexity index is 157. The third-order valence-corrected chi connectivity index (χ3v) is 1.49. The van der Waals surface area contributed by atoms with Crippen LogP contribution in [0.1, 0.15) is 19.3 Å². The summed E-state index contributed by atoms with van der Waals surface area (Å²) in [5, 5.41) is 12.9. The summed E-state index contributed by atoms with van der Waals surface area (Å²) in [6.07, 6.45) is 4.06. The zero-order chi connectivity index (χ0) is 7.40. The Balaban J connectivity index is 2.45. The highest BCUT2D eigenvalue weighted by Gasteiger charge is 2.06. The summed E-state index contributed by atoms with van der Waals surface area (Å²) in [5.41, 5.74) is 0.760. The summed E-state index contributed by atoms with van der Waals surface area (Å²) in [6, 6.07) is 0. The van der Waals surface area contributed by atoms with Crippen LogP contribution in [0, 0.1) is 10.1 Å². The maximum Gasteiger partial charge on any atom is 0.253 e. The predicted molar refractivity (Wildman–Crippen MR) is 36.9 cm³/mol. The standard InChI is InChI=1S/C6H10N2O2/c9-8(10)5-6-3-1-2-4-7-6/h5,7H,1-4H2. The van der Waals surface area contributed by atoms with Gasteiger partial charge in [-0.15, -0.1) is 0 Å². The summed E-state index contributed by atoms with van der Waals surface area (Å²) in [5.74, 6) is 0. The molecule has 1 heterocycles. The van der Waals surface area contributed by atoms with Crippen LogP contribution in [0.25, 0.3) is 0 Å². The molecule has 0 radical (unpaired) electrons. The molecule has 0 amide bonds. The molecule has 56 valence electrons. The number of hydrogen-bond acceptors (Lipinski definition) is 3.